The van der Waals surface area contributed by atoms with Crippen LogP contribution in [0.25, 0.3) is 0 Å². The highest BCUT2D eigenvalue weighted by Gasteiger charge is 2.25. The number of nitriles is 1. The first-order chi connectivity index (χ1) is 5.63. The van der Waals surface area contributed by atoms with Gasteiger partial charge in [0.1, 0.15) is 0 Å². The number of nitrogens with zero attached hydrogens (tertiary/aromatic N) is 2. The van der Waals surface area contributed by atoms with Crippen molar-refractivity contribution in [2.75, 3.05) is 13.1 Å². The van der Waals surface area contributed by atoms with Crippen LogP contribution in [0.2, 0.25) is 0 Å². The van der Waals surface area contributed by atoms with Gasteiger partial charge in [-0.2, -0.15) is 5.26 Å². The van der Waals surface area contributed by atoms with E-state index in [0.29, 0.717) is 0 Å². The molecule has 1 rings (SSSR count). The van der Waals surface area contributed by atoms with Gasteiger partial charge in [0.2, 0.25) is 0 Å². The van der Waals surface area contributed by atoms with Gasteiger partial charge in [0.25, 0.3) is 0 Å². The van der Waals surface area contributed by atoms with Crippen LogP contribution in [0.1, 0.15) is 20.8 Å². The molecule has 1 aliphatic rings. The third-order valence-corrected chi connectivity index (χ3v) is 2.18. The van der Waals surface area contributed by atoms with Crippen molar-refractivity contribution in [3.8, 4) is 6.07 Å². The predicted molar refractivity (Wildman–Crippen MR) is 46.7 cm³/mol. The Morgan fingerprint density at radius 2 is 1.92 bits per heavy atom. The Morgan fingerprint density at radius 3 is 2.33 bits per heavy atom. The molecule has 1 saturated heterocycles. The van der Waals surface area contributed by atoms with Gasteiger partial charge in [-0.1, -0.05) is 0 Å². The average molecular weight is 168 g/mol. The van der Waals surface area contributed by atoms with E-state index in [1.54, 1.807) is 0 Å². The third-order valence-electron chi connectivity index (χ3n) is 2.18. The fourth-order valence-corrected chi connectivity index (χ4v) is 1.62. The maximum absolute atomic E-state index is 8.73. The van der Waals surface area contributed by atoms with E-state index in [2.05, 4.69) is 11.0 Å². The lowest BCUT2D eigenvalue weighted by Crippen LogP contribution is -2.48. The van der Waals surface area contributed by atoms with E-state index in [9.17, 15) is 0 Å². The maximum Gasteiger partial charge on any atom is 0.0951 e. The number of morpholine rings is 1. The lowest BCUT2D eigenvalue weighted by molar-refractivity contribution is -0.0729. The summed E-state index contributed by atoms with van der Waals surface area (Å²) in [5.41, 5.74) is 0. The van der Waals surface area contributed by atoms with Crippen molar-refractivity contribution < 1.29 is 4.74 Å². The minimum absolute atomic E-state index is 0.0128. The first-order valence-electron chi connectivity index (χ1n) is 4.42. The molecule has 0 aromatic carbocycles. The molecule has 3 nitrogen and oxygen atoms in total. The van der Waals surface area contributed by atoms with Crippen molar-refractivity contribution in [3.63, 3.8) is 0 Å². The van der Waals surface area contributed by atoms with Crippen LogP contribution < -0.4 is 0 Å². The van der Waals surface area contributed by atoms with Crippen LogP contribution in [0, 0.1) is 11.3 Å². The molecular formula is C9H16N2O. The van der Waals surface area contributed by atoms with Crippen LogP contribution in [0.15, 0.2) is 0 Å². The molecule has 0 bridgehead atoms. The number of hydrogen-bond acceptors (Lipinski definition) is 3. The smallest absolute Gasteiger partial charge is 0.0951 e. The highest BCUT2D eigenvalue weighted by atomic mass is 16.5. The van der Waals surface area contributed by atoms with Crippen LogP contribution in [-0.4, -0.2) is 36.2 Å². The van der Waals surface area contributed by atoms with Gasteiger partial charge in [-0.3, -0.25) is 4.90 Å². The first-order valence-corrected chi connectivity index (χ1v) is 4.42. The summed E-state index contributed by atoms with van der Waals surface area (Å²) in [5.74, 6) is 0. The Bertz CT molecular complexity index is 177. The molecule has 1 fully saturated rings. The molecule has 0 spiro atoms. The van der Waals surface area contributed by atoms with Crippen molar-refractivity contribution in [2.24, 2.45) is 0 Å². The molecule has 3 heteroatoms. The van der Waals surface area contributed by atoms with E-state index in [0.717, 1.165) is 13.1 Å². The van der Waals surface area contributed by atoms with Crippen LogP contribution in [0.4, 0.5) is 0 Å². The summed E-state index contributed by atoms with van der Waals surface area (Å²) in [6.07, 6.45) is 0.508. The fourth-order valence-electron chi connectivity index (χ4n) is 1.62. The highest BCUT2D eigenvalue weighted by Crippen LogP contribution is 2.12. The molecule has 0 radical (unpaired) electrons. The monoisotopic (exact) mass is 168 g/mol. The zero-order valence-electron chi connectivity index (χ0n) is 7.95. The summed E-state index contributed by atoms with van der Waals surface area (Å²) >= 11 is 0. The van der Waals surface area contributed by atoms with Gasteiger partial charge in [0, 0.05) is 13.1 Å². The lowest BCUT2D eigenvalue weighted by Gasteiger charge is -2.36. The molecule has 0 amide bonds. The van der Waals surface area contributed by atoms with E-state index in [-0.39, 0.29) is 18.2 Å². The zero-order valence-corrected chi connectivity index (χ0v) is 7.95. The topological polar surface area (TPSA) is 36.3 Å². The normalized spacial score (nSPS) is 34.2. The average Bonchev–Trinajstić information content (AvgIpc) is 2.01. The third kappa shape index (κ3) is 2.20. The number of hydrogen-bond donors (Lipinski definition) is 0. The first kappa shape index (κ1) is 9.50. The molecule has 0 saturated carbocycles. The van der Waals surface area contributed by atoms with E-state index < -0.39 is 0 Å². The summed E-state index contributed by atoms with van der Waals surface area (Å²) in [7, 11) is 0. The van der Waals surface area contributed by atoms with Crippen molar-refractivity contribution in [2.45, 2.75) is 39.0 Å². The molecule has 1 heterocycles. The molecule has 68 valence electrons. The van der Waals surface area contributed by atoms with Gasteiger partial charge in [0.15, 0.2) is 0 Å². The van der Waals surface area contributed by atoms with E-state index >= 15 is 0 Å². The van der Waals surface area contributed by atoms with Crippen LogP contribution >= 0.6 is 0 Å². The molecule has 0 N–H and O–H groups in total. The summed E-state index contributed by atoms with van der Waals surface area (Å²) in [5, 5.41) is 8.73. The summed E-state index contributed by atoms with van der Waals surface area (Å²) in [6.45, 7) is 7.78. The molecule has 3 atom stereocenters. The minimum atomic E-state index is 0.0128. The lowest BCUT2D eigenvalue weighted by atomic mass is 10.2. The fraction of sp³-hybridized carbons (Fsp3) is 0.889. The second kappa shape index (κ2) is 3.88. The zero-order chi connectivity index (χ0) is 9.14. The molecule has 0 aromatic heterocycles. The molecule has 3 unspecified atom stereocenters. The van der Waals surface area contributed by atoms with Crippen LogP contribution in [0.5, 0.6) is 0 Å². The number of ether oxygens (including phenoxy) is 1. The van der Waals surface area contributed by atoms with Gasteiger partial charge >= 0.3 is 0 Å². The summed E-state index contributed by atoms with van der Waals surface area (Å²) in [4.78, 5) is 2.17. The van der Waals surface area contributed by atoms with Crippen LogP contribution in [0.3, 0.4) is 0 Å². The Kier molecular flexibility index (Phi) is 3.07. The Morgan fingerprint density at radius 1 is 1.42 bits per heavy atom. The second-order valence-corrected chi connectivity index (χ2v) is 3.52. The van der Waals surface area contributed by atoms with Gasteiger partial charge < -0.3 is 4.74 Å². The van der Waals surface area contributed by atoms with E-state index in [1.165, 1.54) is 0 Å². The molecule has 0 aliphatic carbocycles. The highest BCUT2D eigenvalue weighted by molar-refractivity contribution is 4.90. The molecule has 1 aliphatic heterocycles. The van der Waals surface area contributed by atoms with Crippen molar-refractivity contribution in [1.82, 2.24) is 4.90 Å². The molecule has 12 heavy (non-hydrogen) atoms. The van der Waals surface area contributed by atoms with Gasteiger partial charge in [-0.25, -0.2) is 0 Å². The van der Waals surface area contributed by atoms with Gasteiger partial charge in [-0.05, 0) is 20.8 Å². The Hall–Kier alpha value is -0.590. The summed E-state index contributed by atoms with van der Waals surface area (Å²) in [6, 6.07) is 2.26. The van der Waals surface area contributed by atoms with E-state index in [1.807, 2.05) is 20.8 Å². The second-order valence-electron chi connectivity index (χ2n) is 3.52. The van der Waals surface area contributed by atoms with Crippen molar-refractivity contribution in [1.29, 1.82) is 5.26 Å². The van der Waals surface area contributed by atoms with Gasteiger partial charge in [-0.15, -0.1) is 0 Å². The van der Waals surface area contributed by atoms with Gasteiger partial charge in [0.05, 0.1) is 24.3 Å². The molecular weight excluding hydrogens is 152 g/mol. The van der Waals surface area contributed by atoms with Crippen LogP contribution in [-0.2, 0) is 4.74 Å². The minimum Gasteiger partial charge on any atom is -0.373 e. The summed E-state index contributed by atoms with van der Waals surface area (Å²) < 4.78 is 5.56. The van der Waals surface area contributed by atoms with E-state index in [4.69, 9.17) is 10.00 Å². The molecule has 0 aromatic rings. The standard InChI is InChI=1S/C9H16N2O/c1-7(4-10)11-5-8(2)12-9(3)6-11/h7-9H,5-6H2,1-3H3. The Balaban J connectivity index is 2.50. The predicted octanol–water partition coefficient (Wildman–Crippen LogP) is 1.01. The van der Waals surface area contributed by atoms with Crippen molar-refractivity contribution >= 4 is 0 Å². The number of rotatable bonds is 1. The SMILES string of the molecule is CC1CN(C(C)C#N)CC(C)O1. The van der Waals surface area contributed by atoms with Crippen molar-refractivity contribution in [3.05, 3.63) is 0 Å². The maximum atomic E-state index is 8.73. The largest absolute Gasteiger partial charge is 0.373 e. The quantitative estimate of drug-likeness (QED) is 0.586. The Labute approximate surface area is 73.9 Å².